The van der Waals surface area contributed by atoms with Crippen LogP contribution in [0.4, 0.5) is 5.69 Å². The van der Waals surface area contributed by atoms with Crippen molar-refractivity contribution in [3.05, 3.63) is 72.6 Å². The molecule has 1 unspecified atom stereocenters. The second kappa shape index (κ2) is 6.92. The van der Waals surface area contributed by atoms with E-state index in [9.17, 15) is 9.59 Å². The largest absolute Gasteiger partial charge is 0.449 e. The summed E-state index contributed by atoms with van der Waals surface area (Å²) in [6.07, 6.45) is 0.289. The summed E-state index contributed by atoms with van der Waals surface area (Å²) in [6.45, 7) is 1.53. The first kappa shape index (κ1) is 16.8. The lowest BCUT2D eigenvalue weighted by atomic mass is 10.1. The molecular formula is C21H16N2O4. The predicted octanol–water partition coefficient (Wildman–Crippen LogP) is 4.17. The zero-order chi connectivity index (χ0) is 18.8. The van der Waals surface area contributed by atoms with E-state index in [1.54, 1.807) is 18.2 Å². The highest BCUT2D eigenvalue weighted by Crippen LogP contribution is 2.23. The van der Waals surface area contributed by atoms with E-state index in [1.807, 2.05) is 42.5 Å². The third-order valence-electron chi connectivity index (χ3n) is 4.28. The predicted molar refractivity (Wildman–Crippen MR) is 101 cm³/mol. The SMILES string of the molecule is CC(OC(=O)c1cccc2ocnc12)C(=O)Nc1cccc2ccccc12. The van der Waals surface area contributed by atoms with Gasteiger partial charge in [0.1, 0.15) is 5.52 Å². The molecule has 0 saturated carbocycles. The molecule has 6 heteroatoms. The Hall–Kier alpha value is -3.67. The Morgan fingerprint density at radius 3 is 2.70 bits per heavy atom. The Labute approximate surface area is 154 Å². The fraction of sp³-hybridized carbons (Fsp3) is 0.0952. The maximum absolute atomic E-state index is 12.5. The molecule has 3 aromatic carbocycles. The first-order valence-electron chi connectivity index (χ1n) is 8.45. The lowest BCUT2D eigenvalue weighted by Crippen LogP contribution is -2.30. The van der Waals surface area contributed by atoms with Gasteiger partial charge in [0.05, 0.1) is 5.56 Å². The number of benzene rings is 3. The number of anilines is 1. The normalized spacial score (nSPS) is 12.0. The van der Waals surface area contributed by atoms with Crippen LogP contribution < -0.4 is 5.32 Å². The minimum absolute atomic E-state index is 0.256. The summed E-state index contributed by atoms with van der Waals surface area (Å²) in [6, 6.07) is 18.3. The Balaban J connectivity index is 1.51. The van der Waals surface area contributed by atoms with Gasteiger partial charge in [-0.05, 0) is 30.5 Å². The molecule has 0 bridgehead atoms. The summed E-state index contributed by atoms with van der Waals surface area (Å²) in [4.78, 5) is 29.0. The highest BCUT2D eigenvalue weighted by atomic mass is 16.5. The van der Waals surface area contributed by atoms with E-state index >= 15 is 0 Å². The quantitative estimate of drug-likeness (QED) is 0.553. The molecule has 134 valence electrons. The van der Waals surface area contributed by atoms with Crippen molar-refractivity contribution in [3.63, 3.8) is 0 Å². The molecule has 0 radical (unpaired) electrons. The van der Waals surface area contributed by atoms with Crippen LogP contribution in [0.5, 0.6) is 0 Å². The van der Waals surface area contributed by atoms with Crippen molar-refractivity contribution in [2.45, 2.75) is 13.0 Å². The van der Waals surface area contributed by atoms with Gasteiger partial charge in [0.2, 0.25) is 0 Å². The van der Waals surface area contributed by atoms with Crippen LogP contribution in [-0.4, -0.2) is 23.0 Å². The van der Waals surface area contributed by atoms with E-state index in [1.165, 1.54) is 13.3 Å². The summed E-state index contributed by atoms with van der Waals surface area (Å²) in [5, 5.41) is 4.75. The van der Waals surface area contributed by atoms with E-state index in [2.05, 4.69) is 10.3 Å². The van der Waals surface area contributed by atoms with Crippen LogP contribution in [0.2, 0.25) is 0 Å². The number of ether oxygens (including phenoxy) is 1. The second-order valence-electron chi connectivity index (χ2n) is 6.07. The van der Waals surface area contributed by atoms with Crippen LogP contribution in [0.25, 0.3) is 21.9 Å². The van der Waals surface area contributed by atoms with Gasteiger partial charge in [-0.25, -0.2) is 9.78 Å². The molecule has 1 atom stereocenters. The Morgan fingerprint density at radius 1 is 1.04 bits per heavy atom. The zero-order valence-electron chi connectivity index (χ0n) is 14.5. The van der Waals surface area contributed by atoms with Crippen LogP contribution in [0.3, 0.4) is 0 Å². The highest BCUT2D eigenvalue weighted by Gasteiger charge is 2.22. The molecule has 1 aromatic heterocycles. The molecule has 4 aromatic rings. The van der Waals surface area contributed by atoms with Crippen molar-refractivity contribution in [3.8, 4) is 0 Å². The fourth-order valence-electron chi connectivity index (χ4n) is 2.90. The van der Waals surface area contributed by atoms with Gasteiger partial charge in [0, 0.05) is 11.1 Å². The summed E-state index contributed by atoms with van der Waals surface area (Å²) in [5.74, 6) is -1.04. The first-order chi connectivity index (χ1) is 13.1. The lowest BCUT2D eigenvalue weighted by molar-refractivity contribution is -0.123. The van der Waals surface area contributed by atoms with Gasteiger partial charge < -0.3 is 14.5 Å². The minimum Gasteiger partial charge on any atom is -0.449 e. The number of para-hydroxylation sites is 1. The third kappa shape index (κ3) is 3.25. The molecule has 0 spiro atoms. The van der Waals surface area contributed by atoms with Gasteiger partial charge in [-0.3, -0.25) is 4.79 Å². The number of hydrogen-bond donors (Lipinski definition) is 1. The summed E-state index contributed by atoms with van der Waals surface area (Å²) in [5.41, 5.74) is 1.81. The number of carbonyl (C=O) groups is 2. The number of oxazole rings is 1. The van der Waals surface area contributed by atoms with E-state index < -0.39 is 18.0 Å². The fourth-order valence-corrected chi connectivity index (χ4v) is 2.90. The maximum Gasteiger partial charge on any atom is 0.341 e. The molecule has 1 amide bonds. The molecule has 4 rings (SSSR count). The van der Waals surface area contributed by atoms with Crippen LogP contribution in [0, 0.1) is 0 Å². The topological polar surface area (TPSA) is 81.4 Å². The smallest absolute Gasteiger partial charge is 0.341 e. The van der Waals surface area contributed by atoms with Crippen LogP contribution >= 0.6 is 0 Å². The van der Waals surface area contributed by atoms with Gasteiger partial charge in [0.15, 0.2) is 18.1 Å². The minimum atomic E-state index is -0.973. The molecule has 0 fully saturated rings. The average molecular weight is 360 g/mol. The molecule has 1 N–H and O–H groups in total. The average Bonchev–Trinajstić information content (AvgIpc) is 3.17. The lowest BCUT2D eigenvalue weighted by Gasteiger charge is -2.15. The number of carbonyl (C=O) groups excluding carboxylic acids is 2. The number of esters is 1. The highest BCUT2D eigenvalue weighted by molar-refractivity contribution is 6.05. The second-order valence-corrected chi connectivity index (χ2v) is 6.07. The van der Waals surface area contributed by atoms with Crippen molar-refractivity contribution < 1.29 is 18.7 Å². The maximum atomic E-state index is 12.5. The number of amides is 1. The molecular weight excluding hydrogens is 344 g/mol. The molecule has 27 heavy (non-hydrogen) atoms. The van der Waals surface area contributed by atoms with Crippen molar-refractivity contribution in [2.24, 2.45) is 0 Å². The molecule has 6 nitrogen and oxygen atoms in total. The summed E-state index contributed by atoms with van der Waals surface area (Å²) in [7, 11) is 0. The Bertz CT molecular complexity index is 1140. The summed E-state index contributed by atoms with van der Waals surface area (Å²) < 4.78 is 10.5. The first-order valence-corrected chi connectivity index (χ1v) is 8.45. The van der Waals surface area contributed by atoms with Gasteiger partial charge in [-0.2, -0.15) is 0 Å². The van der Waals surface area contributed by atoms with E-state index in [-0.39, 0.29) is 5.56 Å². The third-order valence-corrected chi connectivity index (χ3v) is 4.28. The van der Waals surface area contributed by atoms with E-state index in [0.717, 1.165) is 10.8 Å². The Kier molecular flexibility index (Phi) is 4.30. The van der Waals surface area contributed by atoms with E-state index in [4.69, 9.17) is 9.15 Å². The van der Waals surface area contributed by atoms with Crippen molar-refractivity contribution >= 4 is 39.4 Å². The number of nitrogens with one attached hydrogen (secondary N) is 1. The number of rotatable bonds is 4. The van der Waals surface area contributed by atoms with Crippen LogP contribution in [0.15, 0.2) is 71.5 Å². The van der Waals surface area contributed by atoms with Crippen molar-refractivity contribution in [1.82, 2.24) is 4.98 Å². The van der Waals surface area contributed by atoms with Crippen LogP contribution in [-0.2, 0) is 9.53 Å². The van der Waals surface area contributed by atoms with Gasteiger partial charge in [-0.1, -0.05) is 42.5 Å². The van der Waals surface area contributed by atoms with Gasteiger partial charge in [-0.15, -0.1) is 0 Å². The van der Waals surface area contributed by atoms with Gasteiger partial charge >= 0.3 is 5.97 Å². The number of nitrogens with zero attached hydrogens (tertiary/aromatic N) is 1. The molecule has 1 heterocycles. The molecule has 0 aliphatic heterocycles. The monoisotopic (exact) mass is 360 g/mol. The standard InChI is InChI=1S/C21H16N2O4/c1-13(27-21(25)16-9-5-11-18-19(16)22-12-26-18)20(24)23-17-10-4-7-14-6-2-3-8-15(14)17/h2-13H,1H3,(H,23,24). The number of fused-ring (bicyclic) bond motifs is 2. The molecule has 0 aliphatic rings. The van der Waals surface area contributed by atoms with E-state index in [0.29, 0.717) is 16.8 Å². The zero-order valence-corrected chi connectivity index (χ0v) is 14.5. The molecule has 0 aliphatic carbocycles. The van der Waals surface area contributed by atoms with Crippen LogP contribution in [0.1, 0.15) is 17.3 Å². The summed E-state index contributed by atoms with van der Waals surface area (Å²) >= 11 is 0. The Morgan fingerprint density at radius 2 is 1.81 bits per heavy atom. The van der Waals surface area contributed by atoms with Crippen molar-refractivity contribution in [1.29, 1.82) is 0 Å². The molecule has 0 saturated heterocycles. The number of hydrogen-bond acceptors (Lipinski definition) is 5. The van der Waals surface area contributed by atoms with Crippen molar-refractivity contribution in [2.75, 3.05) is 5.32 Å². The number of aromatic nitrogens is 1. The van der Waals surface area contributed by atoms with Gasteiger partial charge in [0.25, 0.3) is 5.91 Å².